The summed E-state index contributed by atoms with van der Waals surface area (Å²) in [5.41, 5.74) is 3.30. The van der Waals surface area contributed by atoms with Gasteiger partial charge in [0.2, 0.25) is 5.91 Å². The lowest BCUT2D eigenvalue weighted by Crippen LogP contribution is -2.27. The summed E-state index contributed by atoms with van der Waals surface area (Å²) in [7, 11) is 1.61. The number of thiophene rings is 1. The van der Waals surface area contributed by atoms with Crippen LogP contribution in [-0.4, -0.2) is 36.0 Å². The maximum Gasteiger partial charge on any atom is 0.341 e. The molecule has 1 heterocycles. The maximum atomic E-state index is 13.4. The van der Waals surface area contributed by atoms with E-state index in [9.17, 15) is 9.59 Å². The number of amides is 1. The molecule has 2 atom stereocenters. The normalized spacial score (nSPS) is 15.2. The van der Waals surface area contributed by atoms with E-state index in [2.05, 4.69) is 36.7 Å². The van der Waals surface area contributed by atoms with Crippen LogP contribution in [0, 0.1) is 11.3 Å². The average molecular weight is 626 g/mol. The number of esters is 1. The van der Waals surface area contributed by atoms with E-state index < -0.39 is 5.25 Å². The quantitative estimate of drug-likeness (QED) is 0.125. The second-order valence-corrected chi connectivity index (χ2v) is 14.2. The lowest BCUT2D eigenvalue weighted by atomic mass is 9.72. The van der Waals surface area contributed by atoms with Gasteiger partial charge in [-0.1, -0.05) is 39.0 Å². The predicted molar refractivity (Wildman–Crippen MR) is 178 cm³/mol. The fourth-order valence-corrected chi connectivity index (χ4v) is 7.46. The van der Waals surface area contributed by atoms with E-state index in [-0.39, 0.29) is 23.9 Å². The van der Waals surface area contributed by atoms with Crippen LogP contribution in [0.1, 0.15) is 61.8 Å². The Hall–Kier alpha value is -3.08. The van der Waals surface area contributed by atoms with Gasteiger partial charge in [0.25, 0.3) is 0 Å². The molecule has 1 aliphatic rings. The van der Waals surface area contributed by atoms with Gasteiger partial charge >= 0.3 is 5.97 Å². The molecule has 2 aromatic carbocycles. The average Bonchev–Trinajstić information content (AvgIpc) is 3.30. The van der Waals surface area contributed by atoms with Crippen LogP contribution in [0.15, 0.2) is 53.4 Å². The topological polar surface area (TPSA) is 88.7 Å². The van der Waals surface area contributed by atoms with Crippen LogP contribution in [0.25, 0.3) is 0 Å². The first-order chi connectivity index (χ1) is 20.0. The van der Waals surface area contributed by atoms with Crippen molar-refractivity contribution in [3.05, 3.63) is 64.5 Å². The Morgan fingerprint density at radius 1 is 1.12 bits per heavy atom. The molecular weight excluding hydrogens is 587 g/mol. The predicted octanol–water partition coefficient (Wildman–Crippen LogP) is 8.01. The van der Waals surface area contributed by atoms with Gasteiger partial charge in [0.15, 0.2) is 5.11 Å². The molecule has 0 radical (unpaired) electrons. The van der Waals surface area contributed by atoms with Gasteiger partial charge in [-0.3, -0.25) is 4.79 Å². The minimum atomic E-state index is -0.407. The molecule has 4 rings (SSSR count). The third-order valence-corrected chi connectivity index (χ3v) is 9.80. The number of benzene rings is 2. The zero-order chi connectivity index (χ0) is 30.4. The number of hydrogen-bond acceptors (Lipinski definition) is 7. The number of hydrogen-bond donors (Lipinski definition) is 3. The first-order valence-electron chi connectivity index (χ1n) is 14.1. The minimum Gasteiger partial charge on any atom is -0.495 e. The monoisotopic (exact) mass is 625 g/mol. The van der Waals surface area contributed by atoms with Crippen LogP contribution in [-0.2, 0) is 22.4 Å². The van der Waals surface area contributed by atoms with Crippen molar-refractivity contribution in [2.24, 2.45) is 11.3 Å². The molecule has 1 amide bonds. The van der Waals surface area contributed by atoms with Crippen LogP contribution in [0.3, 0.4) is 0 Å². The highest BCUT2D eigenvalue weighted by Crippen LogP contribution is 2.44. The number of carbonyl (C=O) groups excluding carboxylic acids is 2. The van der Waals surface area contributed by atoms with Gasteiger partial charge < -0.3 is 25.4 Å². The number of rotatable bonds is 9. The van der Waals surface area contributed by atoms with E-state index in [1.807, 2.05) is 55.5 Å². The van der Waals surface area contributed by atoms with Crippen LogP contribution in [0.2, 0.25) is 0 Å². The van der Waals surface area contributed by atoms with E-state index >= 15 is 0 Å². The lowest BCUT2D eigenvalue weighted by Gasteiger charge is -2.33. The molecule has 0 saturated heterocycles. The summed E-state index contributed by atoms with van der Waals surface area (Å²) in [5, 5.41) is 10.0. The number of methoxy groups -OCH3 is 1. The molecule has 0 aliphatic heterocycles. The fraction of sp³-hybridized carbons (Fsp3) is 0.406. The standard InChI is InChI=1S/C32H39N3O4S3/c1-7-39-30(37)27-23-16-15-20(32(3,4)5)17-26(23)42-29(27)35-28(36)19(2)41-22-12-10-11-21(18-22)33-31(40)34-24-13-8-9-14-25(24)38-6/h8-14,18-20H,7,15-17H2,1-6H3,(H,35,36)(H2,33,34,40). The second kappa shape index (κ2) is 13.9. The van der Waals surface area contributed by atoms with E-state index in [0.29, 0.717) is 27.3 Å². The van der Waals surface area contributed by atoms with Crippen molar-refractivity contribution in [2.75, 3.05) is 29.7 Å². The molecule has 3 aromatic rings. The Kier molecular flexibility index (Phi) is 10.6. The van der Waals surface area contributed by atoms with Crippen molar-refractivity contribution < 1.29 is 19.1 Å². The molecule has 3 N–H and O–H groups in total. The third kappa shape index (κ3) is 7.85. The van der Waals surface area contributed by atoms with Gasteiger partial charge in [0.1, 0.15) is 10.8 Å². The van der Waals surface area contributed by atoms with Gasteiger partial charge in [-0.15, -0.1) is 23.1 Å². The Morgan fingerprint density at radius 3 is 2.60 bits per heavy atom. The Bertz CT molecular complexity index is 1450. The molecule has 10 heteroatoms. The van der Waals surface area contributed by atoms with E-state index in [4.69, 9.17) is 21.7 Å². The van der Waals surface area contributed by atoms with Crippen LogP contribution < -0.4 is 20.7 Å². The molecule has 0 fully saturated rings. The zero-order valence-electron chi connectivity index (χ0n) is 25.0. The second-order valence-electron chi connectivity index (χ2n) is 11.3. The molecule has 0 bridgehead atoms. The Labute approximate surface area is 262 Å². The highest BCUT2D eigenvalue weighted by molar-refractivity contribution is 8.00. The summed E-state index contributed by atoms with van der Waals surface area (Å²) in [6, 6.07) is 15.3. The summed E-state index contributed by atoms with van der Waals surface area (Å²) in [5.74, 6) is 0.687. The number of ether oxygens (including phenoxy) is 2. The smallest absolute Gasteiger partial charge is 0.341 e. The maximum absolute atomic E-state index is 13.4. The summed E-state index contributed by atoms with van der Waals surface area (Å²) < 4.78 is 10.8. The fourth-order valence-electron chi connectivity index (χ4n) is 4.98. The lowest BCUT2D eigenvalue weighted by molar-refractivity contribution is -0.115. The van der Waals surface area contributed by atoms with E-state index in [1.54, 1.807) is 14.0 Å². The number of para-hydroxylation sites is 2. The number of thiocarbonyl (C=S) groups is 1. The molecule has 2 unspecified atom stereocenters. The zero-order valence-corrected chi connectivity index (χ0v) is 27.4. The summed E-state index contributed by atoms with van der Waals surface area (Å²) in [6.45, 7) is 10.7. The summed E-state index contributed by atoms with van der Waals surface area (Å²) >= 11 is 8.46. The highest BCUT2D eigenvalue weighted by Gasteiger charge is 2.34. The number of carbonyl (C=O) groups is 2. The van der Waals surface area contributed by atoms with E-state index in [0.717, 1.165) is 41.1 Å². The van der Waals surface area contributed by atoms with Crippen molar-refractivity contribution >= 4 is 68.7 Å². The highest BCUT2D eigenvalue weighted by atomic mass is 32.2. The van der Waals surface area contributed by atoms with E-state index in [1.165, 1.54) is 28.0 Å². The van der Waals surface area contributed by atoms with Crippen molar-refractivity contribution in [1.29, 1.82) is 0 Å². The van der Waals surface area contributed by atoms with Crippen molar-refractivity contribution in [2.45, 2.75) is 64.0 Å². The van der Waals surface area contributed by atoms with Crippen molar-refractivity contribution in [3.63, 3.8) is 0 Å². The van der Waals surface area contributed by atoms with Gasteiger partial charge in [0, 0.05) is 15.5 Å². The molecule has 1 aromatic heterocycles. The molecule has 0 spiro atoms. The third-order valence-electron chi connectivity index (χ3n) is 7.34. The molecule has 0 saturated carbocycles. The first kappa shape index (κ1) is 31.8. The minimum absolute atomic E-state index is 0.164. The van der Waals surface area contributed by atoms with Gasteiger partial charge in [-0.25, -0.2) is 4.79 Å². The molecule has 42 heavy (non-hydrogen) atoms. The molecule has 224 valence electrons. The Morgan fingerprint density at radius 2 is 1.88 bits per heavy atom. The van der Waals surface area contributed by atoms with Crippen molar-refractivity contribution in [3.8, 4) is 5.75 Å². The number of anilines is 3. The van der Waals surface area contributed by atoms with Gasteiger partial charge in [-0.05, 0) is 92.6 Å². The summed E-state index contributed by atoms with van der Waals surface area (Å²) in [6.07, 6.45) is 2.74. The van der Waals surface area contributed by atoms with Crippen LogP contribution >= 0.6 is 35.3 Å². The molecule has 7 nitrogen and oxygen atoms in total. The first-order valence-corrected chi connectivity index (χ1v) is 16.2. The largest absolute Gasteiger partial charge is 0.495 e. The number of thioether (sulfide) groups is 1. The number of fused-ring (bicyclic) bond motifs is 1. The molecule has 1 aliphatic carbocycles. The van der Waals surface area contributed by atoms with Crippen LogP contribution in [0.5, 0.6) is 5.75 Å². The number of nitrogens with one attached hydrogen (secondary N) is 3. The van der Waals surface area contributed by atoms with Gasteiger partial charge in [0.05, 0.1) is 30.2 Å². The van der Waals surface area contributed by atoms with Crippen LogP contribution in [0.4, 0.5) is 16.4 Å². The van der Waals surface area contributed by atoms with Crippen molar-refractivity contribution in [1.82, 2.24) is 0 Å². The Balaban J connectivity index is 1.44. The summed E-state index contributed by atoms with van der Waals surface area (Å²) in [4.78, 5) is 28.5. The molecular formula is C32H39N3O4S3. The van der Waals surface area contributed by atoms with Gasteiger partial charge in [-0.2, -0.15) is 0 Å². The SMILES string of the molecule is CCOC(=O)c1c(NC(=O)C(C)Sc2cccc(NC(=S)Nc3ccccc3OC)c2)sc2c1CCC(C(C)(C)C)C2.